The van der Waals surface area contributed by atoms with Crippen LogP contribution in [0.15, 0.2) is 76.1 Å². The van der Waals surface area contributed by atoms with Crippen molar-refractivity contribution in [1.82, 2.24) is 0 Å². The summed E-state index contributed by atoms with van der Waals surface area (Å²) >= 11 is 0. The Kier molecular flexibility index (Phi) is 7.22. The van der Waals surface area contributed by atoms with E-state index in [4.69, 9.17) is 9.41 Å². The van der Waals surface area contributed by atoms with Crippen LogP contribution in [0.5, 0.6) is 0 Å². The molecular weight excluding hydrogens is 444 g/mol. The second-order valence-corrected chi connectivity index (χ2v) is 9.00. The second-order valence-electron chi connectivity index (χ2n) is 9.00. The first-order valence-corrected chi connectivity index (χ1v) is 12.0. The zero-order valence-electron chi connectivity index (χ0n) is 21.6. The zero-order chi connectivity index (χ0) is 25.8. The molecule has 4 heteroatoms. The average molecular weight is 475 g/mol. The van der Waals surface area contributed by atoms with Gasteiger partial charge in [0.2, 0.25) is 5.55 Å². The third-order valence-corrected chi connectivity index (χ3v) is 6.16. The van der Waals surface area contributed by atoms with Crippen molar-refractivity contribution in [3.05, 3.63) is 117 Å². The summed E-state index contributed by atoms with van der Waals surface area (Å²) in [5.41, 5.74) is 8.83. The highest BCUT2D eigenvalue weighted by molar-refractivity contribution is 5.99. The Labute approximate surface area is 212 Å². The largest absolute Gasteiger partial charge is 0.441 e. The molecule has 4 aromatic rings. The molecule has 0 fully saturated rings. The Morgan fingerprint density at radius 3 is 1.92 bits per heavy atom. The molecule has 0 aliphatic heterocycles. The van der Waals surface area contributed by atoms with Crippen LogP contribution in [0.25, 0.3) is 0 Å². The quantitative estimate of drug-likeness (QED) is 0.248. The fraction of sp³-hybridized carbons (Fsp3) is 0.188. The molecule has 36 heavy (non-hydrogen) atoms. The number of carbonyl (C=O) groups is 1. The van der Waals surface area contributed by atoms with Crippen LogP contribution in [0, 0.1) is 46.5 Å². The van der Waals surface area contributed by atoms with E-state index in [0.717, 1.165) is 39.2 Å². The molecule has 0 saturated heterocycles. The van der Waals surface area contributed by atoms with E-state index in [1.54, 1.807) is 6.92 Å². The first kappa shape index (κ1) is 24.8. The number of nitrogens with zero attached hydrogens (tertiary/aromatic N) is 1. The number of Topliss-reactive ketones (excluding diaryl/α,β-unsaturated/α-hetero) is 1. The molecule has 1 N–H and O–H groups in total. The van der Waals surface area contributed by atoms with Crippen LogP contribution in [0.3, 0.4) is 0 Å². The van der Waals surface area contributed by atoms with Gasteiger partial charge >= 0.3 is 0 Å². The van der Waals surface area contributed by atoms with Crippen molar-refractivity contribution >= 4 is 22.8 Å². The second kappa shape index (κ2) is 10.5. The summed E-state index contributed by atoms with van der Waals surface area (Å²) < 4.78 is 6.24. The lowest BCUT2D eigenvalue weighted by atomic mass is 10.0. The van der Waals surface area contributed by atoms with Gasteiger partial charge in [-0.15, -0.1) is 0 Å². The van der Waals surface area contributed by atoms with Crippen LogP contribution in [0.2, 0.25) is 0 Å². The maximum atomic E-state index is 12.8. The van der Waals surface area contributed by atoms with E-state index in [-0.39, 0.29) is 5.78 Å². The summed E-state index contributed by atoms with van der Waals surface area (Å²) in [6.07, 6.45) is 0. The molecule has 0 radical (unpaired) electrons. The van der Waals surface area contributed by atoms with E-state index in [9.17, 15) is 4.79 Å². The number of hydrogen-bond donors (Lipinski definition) is 1. The summed E-state index contributed by atoms with van der Waals surface area (Å²) in [5, 5.41) is 3.55. The molecule has 3 aromatic carbocycles. The van der Waals surface area contributed by atoms with E-state index in [1.165, 1.54) is 6.92 Å². The van der Waals surface area contributed by atoms with Gasteiger partial charge in [-0.25, -0.2) is 4.99 Å². The minimum atomic E-state index is -0.114. The molecular formula is C32H30N2O2. The number of nitrogens with one attached hydrogen (secondary N) is 1. The summed E-state index contributed by atoms with van der Waals surface area (Å²) in [6.45, 7) is 11.5. The number of benzene rings is 3. The highest BCUT2D eigenvalue weighted by atomic mass is 16.3. The number of anilines is 2. The summed E-state index contributed by atoms with van der Waals surface area (Å²) in [6, 6.07) is 21.9. The molecule has 0 amide bonds. The van der Waals surface area contributed by atoms with E-state index < -0.39 is 0 Å². The van der Waals surface area contributed by atoms with Crippen molar-refractivity contribution in [2.45, 2.75) is 41.5 Å². The van der Waals surface area contributed by atoms with Crippen molar-refractivity contribution in [1.29, 1.82) is 0 Å². The van der Waals surface area contributed by atoms with Gasteiger partial charge in [0.05, 0.1) is 16.8 Å². The van der Waals surface area contributed by atoms with Crippen LogP contribution in [-0.4, -0.2) is 5.78 Å². The monoisotopic (exact) mass is 474 g/mol. The smallest absolute Gasteiger partial charge is 0.244 e. The Balaban J connectivity index is 2.10. The molecule has 0 spiro atoms. The van der Waals surface area contributed by atoms with Gasteiger partial charge in [-0.05, 0) is 75.9 Å². The van der Waals surface area contributed by atoms with Gasteiger partial charge in [0.15, 0.2) is 5.78 Å². The topological polar surface area (TPSA) is 54.6 Å². The minimum Gasteiger partial charge on any atom is -0.441 e. The van der Waals surface area contributed by atoms with Gasteiger partial charge in [-0.2, -0.15) is 0 Å². The third-order valence-electron chi connectivity index (χ3n) is 6.16. The molecule has 0 saturated carbocycles. The molecule has 4 nitrogen and oxygen atoms in total. The Bertz CT molecular complexity index is 1540. The standard InChI is InChI=1S/C32H30N2O2/c1-20-12-10-13-21(2)29(20)33-31-27(19-18-26-16-8-7-9-17-26)28(24(5)35)25(6)36-32(31)34-30-22(3)14-11-15-23(30)4/h7-17,33H,1-6H3. The zero-order valence-corrected chi connectivity index (χ0v) is 21.6. The number of ketones is 1. The van der Waals surface area contributed by atoms with E-state index in [0.29, 0.717) is 28.1 Å². The lowest BCUT2D eigenvalue weighted by Gasteiger charge is -2.17. The molecule has 4 rings (SSSR count). The van der Waals surface area contributed by atoms with Gasteiger partial charge in [-0.1, -0.05) is 66.4 Å². The molecule has 1 heterocycles. The predicted molar refractivity (Wildman–Crippen MR) is 146 cm³/mol. The maximum absolute atomic E-state index is 12.8. The summed E-state index contributed by atoms with van der Waals surface area (Å²) in [5.74, 6) is 6.88. The number of para-hydroxylation sites is 2. The molecule has 0 aliphatic carbocycles. The van der Waals surface area contributed by atoms with E-state index >= 15 is 0 Å². The van der Waals surface area contributed by atoms with Crippen LogP contribution < -0.4 is 10.9 Å². The number of carbonyl (C=O) groups excluding carboxylic acids is 1. The number of rotatable bonds is 4. The number of aryl methyl sites for hydroxylation is 5. The minimum absolute atomic E-state index is 0.114. The van der Waals surface area contributed by atoms with E-state index in [1.807, 2.05) is 94.4 Å². The molecule has 180 valence electrons. The fourth-order valence-corrected chi connectivity index (χ4v) is 4.27. The molecule has 0 atom stereocenters. The normalized spacial score (nSPS) is 11.1. The van der Waals surface area contributed by atoms with Crippen molar-refractivity contribution < 1.29 is 9.21 Å². The Morgan fingerprint density at radius 2 is 1.33 bits per heavy atom. The molecule has 1 aromatic heterocycles. The lowest BCUT2D eigenvalue weighted by molar-refractivity contribution is 0.101. The predicted octanol–water partition coefficient (Wildman–Crippen LogP) is 7.40. The Morgan fingerprint density at radius 1 is 0.750 bits per heavy atom. The summed E-state index contributed by atoms with van der Waals surface area (Å²) in [4.78, 5) is 17.8. The van der Waals surface area contributed by atoms with Gasteiger partial charge in [0.1, 0.15) is 11.4 Å². The van der Waals surface area contributed by atoms with Crippen molar-refractivity contribution in [3.63, 3.8) is 0 Å². The molecule has 0 bridgehead atoms. The summed E-state index contributed by atoms with van der Waals surface area (Å²) in [7, 11) is 0. The van der Waals surface area contributed by atoms with Crippen LogP contribution in [0.4, 0.5) is 17.1 Å². The number of hydrogen-bond acceptors (Lipinski definition) is 4. The van der Waals surface area contributed by atoms with Gasteiger partial charge in [-0.3, -0.25) is 4.79 Å². The average Bonchev–Trinajstić information content (AvgIpc) is 2.84. The fourth-order valence-electron chi connectivity index (χ4n) is 4.27. The first-order chi connectivity index (χ1) is 17.3. The van der Waals surface area contributed by atoms with Crippen LogP contribution in [0.1, 0.15) is 56.4 Å². The Hall–Kier alpha value is -4.36. The molecule has 0 unspecified atom stereocenters. The van der Waals surface area contributed by atoms with Crippen LogP contribution in [-0.2, 0) is 0 Å². The maximum Gasteiger partial charge on any atom is 0.244 e. The van der Waals surface area contributed by atoms with Gasteiger partial charge in [0.25, 0.3) is 0 Å². The van der Waals surface area contributed by atoms with Gasteiger partial charge in [0, 0.05) is 11.3 Å². The highest BCUT2D eigenvalue weighted by Gasteiger charge is 2.20. The molecule has 0 aliphatic rings. The van der Waals surface area contributed by atoms with Crippen LogP contribution >= 0.6 is 0 Å². The lowest BCUT2D eigenvalue weighted by Crippen LogP contribution is -2.17. The van der Waals surface area contributed by atoms with Gasteiger partial charge < -0.3 is 9.73 Å². The van der Waals surface area contributed by atoms with Crippen molar-refractivity contribution in [2.75, 3.05) is 5.32 Å². The highest BCUT2D eigenvalue weighted by Crippen LogP contribution is 2.29. The third kappa shape index (κ3) is 5.16. The van der Waals surface area contributed by atoms with Crippen molar-refractivity contribution in [3.8, 4) is 11.8 Å². The SMILES string of the molecule is CC(=O)c1c(C)oc(=Nc2c(C)cccc2C)c(Nc2c(C)cccc2C)c1C#Cc1ccccc1. The van der Waals surface area contributed by atoms with Crippen molar-refractivity contribution in [2.24, 2.45) is 4.99 Å². The first-order valence-electron chi connectivity index (χ1n) is 12.0. The van der Waals surface area contributed by atoms with E-state index in [2.05, 4.69) is 17.2 Å².